The van der Waals surface area contributed by atoms with Gasteiger partial charge in [-0.1, -0.05) is 18.2 Å². The molecule has 0 N–H and O–H groups in total. The minimum absolute atomic E-state index is 0.279. The van der Waals surface area contributed by atoms with Crippen LogP contribution in [0.5, 0.6) is 0 Å². The van der Waals surface area contributed by atoms with Crippen LogP contribution in [0.3, 0.4) is 0 Å². The quantitative estimate of drug-likeness (QED) is 0.697. The summed E-state index contributed by atoms with van der Waals surface area (Å²) >= 11 is 6.17. The molecule has 0 spiro atoms. The molecule has 0 aliphatic carbocycles. The van der Waals surface area contributed by atoms with E-state index in [4.69, 9.17) is 11.8 Å². The van der Waals surface area contributed by atoms with Gasteiger partial charge in [-0.25, -0.2) is 4.42 Å². The van der Waals surface area contributed by atoms with Crippen molar-refractivity contribution < 1.29 is 4.79 Å². The van der Waals surface area contributed by atoms with E-state index in [1.807, 2.05) is 13.1 Å². The van der Waals surface area contributed by atoms with Crippen LogP contribution >= 0.6 is 11.8 Å². The Morgan fingerprint density at radius 2 is 2.09 bits per heavy atom. The van der Waals surface area contributed by atoms with Gasteiger partial charge in [-0.3, -0.25) is 9.78 Å². The molecule has 2 heterocycles. The van der Waals surface area contributed by atoms with Crippen molar-refractivity contribution in [3.05, 3.63) is 60.7 Å². The largest absolute Gasteiger partial charge is 0.317 e. The minimum atomic E-state index is -0.391. The molecule has 0 aliphatic heterocycles. The number of rotatable bonds is 3. The van der Waals surface area contributed by atoms with Gasteiger partial charge in [-0.15, -0.1) is 10.2 Å². The van der Waals surface area contributed by atoms with Crippen LogP contribution in [0.15, 0.2) is 55.0 Å². The molecule has 0 atom stereocenters. The van der Waals surface area contributed by atoms with Crippen LogP contribution in [0.25, 0.3) is 11.4 Å². The third-order valence-electron chi connectivity index (χ3n) is 3.10. The zero-order chi connectivity index (χ0) is 15.5. The molecule has 22 heavy (non-hydrogen) atoms. The molecule has 0 fully saturated rings. The molecule has 1 aromatic carbocycles. The number of aryl methyl sites for hydroxylation is 1. The Kier molecular flexibility index (Phi) is 3.84. The number of aromatic nitrogens is 4. The van der Waals surface area contributed by atoms with E-state index < -0.39 is 5.91 Å². The second kappa shape index (κ2) is 5.95. The molecule has 110 valence electrons. The van der Waals surface area contributed by atoms with Crippen molar-refractivity contribution in [2.75, 3.05) is 4.42 Å². The highest BCUT2D eigenvalue weighted by Gasteiger charge is 2.17. The molecule has 3 aromatic rings. The first kappa shape index (κ1) is 14.2. The highest BCUT2D eigenvalue weighted by atomic mass is 35.5. The third-order valence-corrected chi connectivity index (χ3v) is 3.45. The van der Waals surface area contributed by atoms with Gasteiger partial charge in [0.2, 0.25) is 0 Å². The van der Waals surface area contributed by atoms with Crippen molar-refractivity contribution in [2.45, 2.75) is 0 Å². The first-order valence-electron chi connectivity index (χ1n) is 6.52. The Morgan fingerprint density at radius 1 is 1.23 bits per heavy atom. The number of hydrogen-bond donors (Lipinski definition) is 0. The average Bonchev–Trinajstić information content (AvgIpc) is 3.00. The van der Waals surface area contributed by atoms with Crippen molar-refractivity contribution in [3.63, 3.8) is 0 Å². The Bertz CT molecular complexity index is 802. The maximum absolute atomic E-state index is 12.3. The lowest BCUT2D eigenvalue weighted by atomic mass is 10.2. The molecule has 0 bridgehead atoms. The lowest BCUT2D eigenvalue weighted by Crippen LogP contribution is -2.21. The minimum Gasteiger partial charge on any atom is -0.317 e. The second-order valence-corrected chi connectivity index (χ2v) is 4.95. The van der Waals surface area contributed by atoms with Crippen molar-refractivity contribution in [2.24, 2.45) is 7.05 Å². The maximum Gasteiger partial charge on any atom is 0.291 e. The number of carbonyl (C=O) groups is 1. The lowest BCUT2D eigenvalue weighted by molar-refractivity contribution is 0.100. The predicted octanol–water partition coefficient (Wildman–Crippen LogP) is 2.68. The average molecular weight is 314 g/mol. The summed E-state index contributed by atoms with van der Waals surface area (Å²) in [6.45, 7) is 0. The van der Waals surface area contributed by atoms with Gasteiger partial charge in [0.15, 0.2) is 5.82 Å². The Morgan fingerprint density at radius 3 is 2.77 bits per heavy atom. The van der Waals surface area contributed by atoms with Crippen LogP contribution in [0.1, 0.15) is 10.5 Å². The van der Waals surface area contributed by atoms with Crippen LogP contribution in [0.2, 0.25) is 0 Å². The highest BCUT2D eigenvalue weighted by Crippen LogP contribution is 2.25. The van der Waals surface area contributed by atoms with E-state index in [-0.39, 0.29) is 5.69 Å². The first-order chi connectivity index (χ1) is 10.7. The Balaban J connectivity index is 1.92. The SMILES string of the molecule is Cn1cnnc1-c1cccc(N(Cl)C(=O)c2ccccn2)c1. The molecule has 1 amide bonds. The molecular formula is C15H12ClN5O. The summed E-state index contributed by atoms with van der Waals surface area (Å²) < 4.78 is 2.83. The lowest BCUT2D eigenvalue weighted by Gasteiger charge is -2.14. The van der Waals surface area contributed by atoms with Gasteiger partial charge in [0.05, 0.1) is 5.69 Å². The fourth-order valence-electron chi connectivity index (χ4n) is 2.02. The van der Waals surface area contributed by atoms with Crippen molar-refractivity contribution >= 4 is 23.4 Å². The maximum atomic E-state index is 12.3. The van der Waals surface area contributed by atoms with Crippen LogP contribution < -0.4 is 4.42 Å². The van der Waals surface area contributed by atoms with Gasteiger partial charge in [-0.2, -0.15) is 0 Å². The fraction of sp³-hybridized carbons (Fsp3) is 0.0667. The molecule has 0 saturated heterocycles. The summed E-state index contributed by atoms with van der Waals surface area (Å²) in [6.07, 6.45) is 3.16. The van der Waals surface area contributed by atoms with E-state index in [2.05, 4.69) is 15.2 Å². The third kappa shape index (κ3) is 2.68. The van der Waals surface area contributed by atoms with E-state index in [0.717, 1.165) is 9.98 Å². The van der Waals surface area contributed by atoms with E-state index in [0.29, 0.717) is 11.5 Å². The molecule has 0 radical (unpaired) electrons. The Hall–Kier alpha value is -2.73. The summed E-state index contributed by atoms with van der Waals surface area (Å²) in [5, 5.41) is 7.89. The summed E-state index contributed by atoms with van der Waals surface area (Å²) in [6, 6.07) is 12.3. The van der Waals surface area contributed by atoms with Gasteiger partial charge in [-0.05, 0) is 24.3 Å². The summed E-state index contributed by atoms with van der Waals surface area (Å²) in [7, 11) is 1.85. The van der Waals surface area contributed by atoms with Gasteiger partial charge in [0, 0.05) is 30.6 Å². The topological polar surface area (TPSA) is 63.9 Å². The van der Waals surface area contributed by atoms with Crippen LogP contribution in [-0.2, 0) is 7.05 Å². The summed E-state index contributed by atoms with van der Waals surface area (Å²) in [4.78, 5) is 16.3. The standard InChI is InChI=1S/C15H12ClN5O/c1-20-10-18-19-14(20)11-5-4-6-12(9-11)21(16)15(22)13-7-2-3-8-17-13/h2-10H,1H3. The molecule has 0 saturated carbocycles. The molecule has 2 aromatic heterocycles. The normalized spacial score (nSPS) is 10.5. The number of anilines is 1. The van der Waals surface area contributed by atoms with Crippen LogP contribution in [0, 0.1) is 0 Å². The molecular weight excluding hydrogens is 302 g/mol. The monoisotopic (exact) mass is 313 g/mol. The number of nitrogens with zero attached hydrogens (tertiary/aromatic N) is 5. The van der Waals surface area contributed by atoms with Gasteiger partial charge >= 0.3 is 0 Å². The van der Waals surface area contributed by atoms with E-state index in [1.54, 1.807) is 53.5 Å². The van der Waals surface area contributed by atoms with Crippen molar-refractivity contribution in [3.8, 4) is 11.4 Å². The second-order valence-electron chi connectivity index (χ2n) is 4.62. The summed E-state index contributed by atoms with van der Waals surface area (Å²) in [5.41, 5.74) is 1.64. The number of halogens is 1. The highest BCUT2D eigenvalue weighted by molar-refractivity contribution is 6.39. The molecule has 6 nitrogen and oxygen atoms in total. The molecule has 0 unspecified atom stereocenters. The van der Waals surface area contributed by atoms with Gasteiger partial charge < -0.3 is 4.57 Å². The zero-order valence-corrected chi connectivity index (χ0v) is 12.5. The number of benzene rings is 1. The number of hydrogen-bond acceptors (Lipinski definition) is 4. The molecule has 3 rings (SSSR count). The zero-order valence-electron chi connectivity index (χ0n) is 11.7. The van der Waals surface area contributed by atoms with E-state index in [1.165, 1.54) is 0 Å². The molecule has 0 aliphatic rings. The van der Waals surface area contributed by atoms with Gasteiger partial charge in [0.1, 0.15) is 12.0 Å². The van der Waals surface area contributed by atoms with Crippen molar-refractivity contribution in [1.82, 2.24) is 19.7 Å². The Labute approximate surface area is 132 Å². The van der Waals surface area contributed by atoms with Crippen LogP contribution in [0.4, 0.5) is 5.69 Å². The van der Waals surface area contributed by atoms with E-state index >= 15 is 0 Å². The number of pyridine rings is 1. The van der Waals surface area contributed by atoms with Crippen LogP contribution in [-0.4, -0.2) is 25.7 Å². The summed E-state index contributed by atoms with van der Waals surface area (Å²) in [5.74, 6) is 0.301. The first-order valence-corrected chi connectivity index (χ1v) is 6.86. The van der Waals surface area contributed by atoms with Gasteiger partial charge in [0.25, 0.3) is 5.91 Å². The van der Waals surface area contributed by atoms with E-state index in [9.17, 15) is 4.79 Å². The van der Waals surface area contributed by atoms with Crippen molar-refractivity contribution in [1.29, 1.82) is 0 Å². The number of amides is 1. The predicted molar refractivity (Wildman–Crippen MR) is 83.3 cm³/mol. The smallest absolute Gasteiger partial charge is 0.291 e. The number of carbonyl (C=O) groups excluding carboxylic acids is 1. The fourth-order valence-corrected chi connectivity index (χ4v) is 2.21. The molecule has 7 heteroatoms.